The van der Waals surface area contributed by atoms with Crippen molar-refractivity contribution < 1.29 is 0 Å². The molecule has 64 valence electrons. The molecule has 1 heteroatoms. The van der Waals surface area contributed by atoms with Crippen molar-refractivity contribution in [1.82, 2.24) is 0 Å². The maximum absolute atomic E-state index is 6.27. The largest absolute Gasteiger partial charge is 0.123 e. The zero-order valence-corrected chi connectivity index (χ0v) is 7.98. The van der Waals surface area contributed by atoms with E-state index < -0.39 is 0 Å². The van der Waals surface area contributed by atoms with Crippen molar-refractivity contribution in [3.05, 3.63) is 0 Å². The molecule has 0 radical (unpaired) electrons. The third-order valence-electron chi connectivity index (χ3n) is 3.65. The lowest BCUT2D eigenvalue weighted by Gasteiger charge is -2.25. The Morgan fingerprint density at radius 3 is 2.64 bits per heavy atom. The van der Waals surface area contributed by atoms with Gasteiger partial charge in [0.05, 0.1) is 0 Å². The molecule has 0 heterocycles. The molecule has 11 heavy (non-hydrogen) atoms. The number of fused-ring (bicyclic) bond motifs is 2. The monoisotopic (exact) mass is 172 g/mol. The van der Waals surface area contributed by atoms with Gasteiger partial charge in [-0.1, -0.05) is 13.3 Å². The maximum Gasteiger partial charge on any atom is 0.0364 e. The maximum atomic E-state index is 6.27. The van der Waals surface area contributed by atoms with E-state index >= 15 is 0 Å². The van der Waals surface area contributed by atoms with E-state index in [1.54, 1.807) is 0 Å². The van der Waals surface area contributed by atoms with Crippen LogP contribution in [0.25, 0.3) is 0 Å². The molecule has 2 rings (SSSR count). The van der Waals surface area contributed by atoms with Gasteiger partial charge in [-0.05, 0) is 43.4 Å². The van der Waals surface area contributed by atoms with Crippen LogP contribution < -0.4 is 0 Å². The van der Waals surface area contributed by atoms with E-state index in [9.17, 15) is 0 Å². The average Bonchev–Trinajstić information content (AvgIpc) is 2.62. The van der Waals surface area contributed by atoms with Crippen LogP contribution in [0.3, 0.4) is 0 Å². The summed E-state index contributed by atoms with van der Waals surface area (Å²) in [7, 11) is 0. The second-order valence-electron chi connectivity index (χ2n) is 4.26. The van der Waals surface area contributed by atoms with Crippen molar-refractivity contribution in [3.63, 3.8) is 0 Å². The van der Waals surface area contributed by atoms with Gasteiger partial charge in [-0.2, -0.15) is 0 Å². The predicted molar refractivity (Wildman–Crippen MR) is 48.9 cm³/mol. The van der Waals surface area contributed by atoms with Crippen molar-refractivity contribution >= 4 is 11.6 Å². The highest BCUT2D eigenvalue weighted by molar-refractivity contribution is 6.20. The first-order chi connectivity index (χ1) is 5.31. The Kier molecular flexibility index (Phi) is 2.14. The summed E-state index contributed by atoms with van der Waals surface area (Å²) < 4.78 is 0. The minimum Gasteiger partial charge on any atom is -0.123 e. The van der Waals surface area contributed by atoms with Gasteiger partial charge in [0, 0.05) is 5.38 Å². The Morgan fingerprint density at radius 2 is 2.18 bits per heavy atom. The lowest BCUT2D eigenvalue weighted by Crippen LogP contribution is -2.20. The van der Waals surface area contributed by atoms with Gasteiger partial charge in [-0.25, -0.2) is 0 Å². The summed E-state index contributed by atoms with van der Waals surface area (Å²) >= 11 is 6.27. The van der Waals surface area contributed by atoms with Crippen LogP contribution in [0.15, 0.2) is 0 Å². The van der Waals surface area contributed by atoms with Gasteiger partial charge in [0.2, 0.25) is 0 Å². The Balaban J connectivity index is 1.96. The highest BCUT2D eigenvalue weighted by atomic mass is 35.5. The van der Waals surface area contributed by atoms with Crippen LogP contribution in [0.2, 0.25) is 0 Å². The minimum atomic E-state index is 0.477. The summed E-state index contributed by atoms with van der Waals surface area (Å²) in [5, 5.41) is 0.477. The summed E-state index contributed by atoms with van der Waals surface area (Å²) in [5.41, 5.74) is 0. The molecular formula is C10H17Cl. The van der Waals surface area contributed by atoms with Gasteiger partial charge in [-0.15, -0.1) is 11.6 Å². The first-order valence-electron chi connectivity index (χ1n) is 4.95. The van der Waals surface area contributed by atoms with E-state index in [-0.39, 0.29) is 0 Å². The number of hydrogen-bond donors (Lipinski definition) is 0. The fraction of sp³-hybridized carbons (Fsp3) is 1.00. The molecule has 0 aliphatic heterocycles. The number of alkyl halides is 1. The standard InChI is InChI=1S/C10H17Cl/c1-2-10(11)9-6-7-3-4-8(9)5-7/h7-10H,2-6H2,1H3. The lowest BCUT2D eigenvalue weighted by molar-refractivity contribution is 0.317. The van der Waals surface area contributed by atoms with Crippen LogP contribution in [0.5, 0.6) is 0 Å². The van der Waals surface area contributed by atoms with Crippen LogP contribution >= 0.6 is 11.6 Å². The van der Waals surface area contributed by atoms with Crippen molar-refractivity contribution in [2.45, 2.75) is 44.4 Å². The molecule has 2 fully saturated rings. The fourth-order valence-corrected chi connectivity index (χ4v) is 3.35. The van der Waals surface area contributed by atoms with Gasteiger partial charge in [-0.3, -0.25) is 0 Å². The van der Waals surface area contributed by atoms with Crippen molar-refractivity contribution in [2.24, 2.45) is 17.8 Å². The summed E-state index contributed by atoms with van der Waals surface area (Å²) in [6.45, 7) is 2.21. The number of halogens is 1. The predicted octanol–water partition coefficient (Wildman–Crippen LogP) is 3.44. The Labute approximate surface area is 74.3 Å². The molecule has 0 N–H and O–H groups in total. The minimum absolute atomic E-state index is 0.477. The van der Waals surface area contributed by atoms with Crippen LogP contribution in [0, 0.1) is 17.8 Å². The fourth-order valence-electron chi connectivity index (χ4n) is 3.04. The molecular weight excluding hydrogens is 156 g/mol. The zero-order chi connectivity index (χ0) is 7.84. The topological polar surface area (TPSA) is 0 Å². The lowest BCUT2D eigenvalue weighted by atomic mass is 9.85. The first kappa shape index (κ1) is 7.91. The Hall–Kier alpha value is 0.290. The summed E-state index contributed by atoms with van der Waals surface area (Å²) in [5.74, 6) is 2.93. The second-order valence-corrected chi connectivity index (χ2v) is 4.82. The van der Waals surface area contributed by atoms with Crippen LogP contribution in [-0.4, -0.2) is 5.38 Å². The quantitative estimate of drug-likeness (QED) is 0.560. The van der Waals surface area contributed by atoms with Crippen molar-refractivity contribution in [3.8, 4) is 0 Å². The Morgan fingerprint density at radius 1 is 1.36 bits per heavy atom. The second kappa shape index (κ2) is 2.97. The van der Waals surface area contributed by atoms with Crippen molar-refractivity contribution in [2.75, 3.05) is 0 Å². The molecule has 0 saturated heterocycles. The van der Waals surface area contributed by atoms with Gasteiger partial charge in [0.15, 0.2) is 0 Å². The molecule has 2 bridgehead atoms. The van der Waals surface area contributed by atoms with Gasteiger partial charge < -0.3 is 0 Å². The molecule has 0 amide bonds. The first-order valence-corrected chi connectivity index (χ1v) is 5.39. The van der Waals surface area contributed by atoms with E-state index in [1.807, 2.05) is 0 Å². The molecule has 0 aromatic carbocycles. The third-order valence-corrected chi connectivity index (χ3v) is 4.28. The van der Waals surface area contributed by atoms with E-state index in [1.165, 1.54) is 25.7 Å². The SMILES string of the molecule is CCC(Cl)C1CC2CCC1C2. The molecule has 2 aliphatic carbocycles. The molecule has 4 atom stereocenters. The van der Waals surface area contributed by atoms with Gasteiger partial charge in [0.1, 0.15) is 0 Å². The Bertz CT molecular complexity index is 144. The molecule has 0 nitrogen and oxygen atoms in total. The normalized spacial score (nSPS) is 44.7. The third kappa shape index (κ3) is 1.30. The number of hydrogen-bond acceptors (Lipinski definition) is 0. The number of rotatable bonds is 2. The summed E-state index contributed by atoms with van der Waals surface area (Å²) in [4.78, 5) is 0. The van der Waals surface area contributed by atoms with Gasteiger partial charge in [0.25, 0.3) is 0 Å². The molecule has 0 aromatic heterocycles. The van der Waals surface area contributed by atoms with Crippen LogP contribution in [0.4, 0.5) is 0 Å². The van der Waals surface area contributed by atoms with Crippen LogP contribution in [-0.2, 0) is 0 Å². The zero-order valence-electron chi connectivity index (χ0n) is 7.22. The van der Waals surface area contributed by atoms with E-state index in [2.05, 4.69) is 6.92 Å². The van der Waals surface area contributed by atoms with E-state index in [0.29, 0.717) is 5.38 Å². The molecule has 4 unspecified atom stereocenters. The highest BCUT2D eigenvalue weighted by Gasteiger charge is 2.41. The van der Waals surface area contributed by atoms with E-state index in [0.717, 1.165) is 24.2 Å². The molecule has 0 aromatic rings. The molecule has 2 aliphatic rings. The smallest absolute Gasteiger partial charge is 0.0364 e. The summed E-state index contributed by atoms with van der Waals surface area (Å²) in [6.07, 6.45) is 7.06. The van der Waals surface area contributed by atoms with E-state index in [4.69, 9.17) is 11.6 Å². The summed E-state index contributed by atoms with van der Waals surface area (Å²) in [6, 6.07) is 0. The van der Waals surface area contributed by atoms with Gasteiger partial charge >= 0.3 is 0 Å². The highest BCUT2D eigenvalue weighted by Crippen LogP contribution is 2.50. The molecule has 2 saturated carbocycles. The van der Waals surface area contributed by atoms with Crippen LogP contribution in [0.1, 0.15) is 39.0 Å². The molecule has 0 spiro atoms. The van der Waals surface area contributed by atoms with Crippen molar-refractivity contribution in [1.29, 1.82) is 0 Å². The average molecular weight is 173 g/mol.